The summed E-state index contributed by atoms with van der Waals surface area (Å²) in [5, 5.41) is 2.95. The van der Waals surface area contributed by atoms with Gasteiger partial charge in [-0.3, -0.25) is 9.59 Å². The van der Waals surface area contributed by atoms with Crippen LogP contribution in [0.1, 0.15) is 28.8 Å². The number of nitrogens with one attached hydrogen (secondary N) is 1. The zero-order chi connectivity index (χ0) is 21.5. The van der Waals surface area contributed by atoms with Crippen LogP contribution in [0.2, 0.25) is 0 Å². The number of amides is 2. The van der Waals surface area contributed by atoms with Gasteiger partial charge in [0.05, 0.1) is 20.6 Å². The summed E-state index contributed by atoms with van der Waals surface area (Å²) in [4.78, 5) is 26.8. The number of piperidine rings is 1. The fraction of sp³-hybridized carbons (Fsp3) is 0.391. The van der Waals surface area contributed by atoms with Crippen molar-refractivity contribution in [3.63, 3.8) is 0 Å². The van der Waals surface area contributed by atoms with Crippen molar-refractivity contribution < 1.29 is 23.5 Å². The van der Waals surface area contributed by atoms with Gasteiger partial charge in [0, 0.05) is 25.2 Å². The molecule has 0 aromatic heterocycles. The number of methoxy groups -OCH3 is 2. The Kier molecular flexibility index (Phi) is 7.27. The first-order valence-electron chi connectivity index (χ1n) is 10.0. The molecule has 160 valence electrons. The van der Waals surface area contributed by atoms with Gasteiger partial charge >= 0.3 is 0 Å². The third kappa shape index (κ3) is 5.49. The van der Waals surface area contributed by atoms with Crippen LogP contribution in [0.3, 0.4) is 0 Å². The Hall–Kier alpha value is -3.09. The number of hydrogen-bond donors (Lipinski definition) is 1. The maximum absolute atomic E-state index is 12.9. The third-order valence-electron chi connectivity index (χ3n) is 5.40. The molecule has 2 aromatic carbocycles. The normalized spacial score (nSPS) is 14.3. The van der Waals surface area contributed by atoms with Gasteiger partial charge in [0.2, 0.25) is 5.91 Å². The number of nitrogens with zero attached hydrogens (tertiary/aromatic N) is 1. The van der Waals surface area contributed by atoms with Gasteiger partial charge in [-0.05, 0) is 54.7 Å². The average molecular weight is 414 g/mol. The van der Waals surface area contributed by atoms with E-state index in [0.717, 1.165) is 18.4 Å². The molecule has 1 saturated heterocycles. The lowest BCUT2D eigenvalue weighted by atomic mass is 9.96. The lowest BCUT2D eigenvalue weighted by Gasteiger charge is -2.32. The Morgan fingerprint density at radius 1 is 1.03 bits per heavy atom. The molecule has 2 aromatic rings. The fourth-order valence-corrected chi connectivity index (χ4v) is 3.60. The van der Waals surface area contributed by atoms with E-state index >= 15 is 0 Å². The van der Waals surface area contributed by atoms with Gasteiger partial charge in [0.15, 0.2) is 11.5 Å². The number of hydrogen-bond acceptors (Lipinski definition) is 4. The maximum atomic E-state index is 12.9. The van der Waals surface area contributed by atoms with Crippen molar-refractivity contribution in [1.29, 1.82) is 0 Å². The molecule has 1 heterocycles. The summed E-state index contributed by atoms with van der Waals surface area (Å²) >= 11 is 0. The summed E-state index contributed by atoms with van der Waals surface area (Å²) in [6, 6.07) is 11.1. The maximum Gasteiger partial charge on any atom is 0.253 e. The van der Waals surface area contributed by atoms with Crippen molar-refractivity contribution in [2.45, 2.75) is 19.3 Å². The van der Waals surface area contributed by atoms with Crippen molar-refractivity contribution in [2.24, 2.45) is 5.92 Å². The van der Waals surface area contributed by atoms with Gasteiger partial charge in [-0.2, -0.15) is 0 Å². The van der Waals surface area contributed by atoms with Crippen LogP contribution >= 0.6 is 0 Å². The highest BCUT2D eigenvalue weighted by molar-refractivity contribution is 5.95. The highest BCUT2D eigenvalue weighted by atomic mass is 19.1. The Morgan fingerprint density at radius 2 is 1.70 bits per heavy atom. The number of carbonyl (C=O) groups excluding carboxylic acids is 2. The van der Waals surface area contributed by atoms with Crippen LogP contribution in [-0.4, -0.2) is 50.6 Å². The minimum absolute atomic E-state index is 0.0326. The molecule has 0 bridgehead atoms. The molecule has 1 aliphatic rings. The molecule has 3 rings (SSSR count). The molecule has 7 heteroatoms. The van der Waals surface area contributed by atoms with E-state index in [1.807, 2.05) is 4.90 Å². The Bertz CT molecular complexity index is 877. The van der Waals surface area contributed by atoms with Crippen LogP contribution < -0.4 is 14.8 Å². The van der Waals surface area contributed by atoms with Crippen LogP contribution in [-0.2, 0) is 11.2 Å². The summed E-state index contributed by atoms with van der Waals surface area (Å²) in [5.74, 6) is 1.02. The van der Waals surface area contributed by atoms with Gasteiger partial charge < -0.3 is 19.7 Å². The molecule has 2 amide bonds. The standard InChI is InChI=1S/C23H27FN2O4/c1-29-20-8-5-18(14-21(20)30-2)23(28)26-11-9-17(10-12-26)15-25-22(27)13-16-3-6-19(24)7-4-16/h3-8,14,17H,9-13,15H2,1-2H3,(H,25,27). The van der Waals surface area contributed by atoms with Gasteiger partial charge in [-0.1, -0.05) is 12.1 Å². The van der Waals surface area contributed by atoms with Crippen molar-refractivity contribution in [2.75, 3.05) is 33.9 Å². The molecule has 1 aliphatic heterocycles. The largest absolute Gasteiger partial charge is 0.493 e. The molecule has 0 atom stereocenters. The predicted molar refractivity (Wildman–Crippen MR) is 111 cm³/mol. The Morgan fingerprint density at radius 3 is 2.33 bits per heavy atom. The molecular formula is C23H27FN2O4. The van der Waals surface area contributed by atoms with Crippen LogP contribution in [0.5, 0.6) is 11.5 Å². The minimum Gasteiger partial charge on any atom is -0.493 e. The Labute approximate surface area is 176 Å². The summed E-state index contributed by atoms with van der Waals surface area (Å²) in [6.45, 7) is 1.87. The second-order valence-electron chi connectivity index (χ2n) is 7.41. The van der Waals surface area contributed by atoms with Crippen molar-refractivity contribution >= 4 is 11.8 Å². The molecule has 0 spiro atoms. The second-order valence-corrected chi connectivity index (χ2v) is 7.41. The van der Waals surface area contributed by atoms with E-state index in [0.29, 0.717) is 42.6 Å². The number of halogens is 1. The minimum atomic E-state index is -0.312. The van der Waals surface area contributed by atoms with E-state index in [-0.39, 0.29) is 24.1 Å². The molecule has 0 unspecified atom stereocenters. The first-order valence-corrected chi connectivity index (χ1v) is 10.0. The molecule has 6 nitrogen and oxygen atoms in total. The summed E-state index contributed by atoms with van der Waals surface area (Å²) in [6.07, 6.45) is 1.89. The first-order chi connectivity index (χ1) is 14.5. The molecule has 1 N–H and O–H groups in total. The number of carbonyl (C=O) groups is 2. The van der Waals surface area contributed by atoms with E-state index in [4.69, 9.17) is 9.47 Å². The lowest BCUT2D eigenvalue weighted by molar-refractivity contribution is -0.120. The van der Waals surface area contributed by atoms with Crippen molar-refractivity contribution in [3.05, 3.63) is 59.4 Å². The topological polar surface area (TPSA) is 67.9 Å². The predicted octanol–water partition coefficient (Wildman–Crippen LogP) is 3.05. The van der Waals surface area contributed by atoms with E-state index in [2.05, 4.69) is 5.32 Å². The molecule has 0 saturated carbocycles. The van der Waals surface area contributed by atoms with E-state index in [1.54, 1.807) is 44.6 Å². The summed E-state index contributed by atoms with van der Waals surface area (Å²) < 4.78 is 23.4. The molecular weight excluding hydrogens is 387 g/mol. The number of ether oxygens (including phenoxy) is 2. The molecule has 30 heavy (non-hydrogen) atoms. The molecule has 1 fully saturated rings. The number of rotatable bonds is 7. The van der Waals surface area contributed by atoms with E-state index in [9.17, 15) is 14.0 Å². The molecule has 0 radical (unpaired) electrons. The van der Waals surface area contributed by atoms with E-state index in [1.165, 1.54) is 12.1 Å². The lowest BCUT2D eigenvalue weighted by Crippen LogP contribution is -2.41. The smallest absolute Gasteiger partial charge is 0.253 e. The van der Waals surface area contributed by atoms with Crippen LogP contribution in [0.25, 0.3) is 0 Å². The summed E-state index contributed by atoms with van der Waals surface area (Å²) in [5.41, 5.74) is 1.35. The molecule has 0 aliphatic carbocycles. The van der Waals surface area contributed by atoms with Crippen molar-refractivity contribution in [1.82, 2.24) is 10.2 Å². The first kappa shape index (κ1) is 21.6. The SMILES string of the molecule is COc1ccc(C(=O)N2CCC(CNC(=O)Cc3ccc(F)cc3)CC2)cc1OC. The van der Waals surface area contributed by atoms with Crippen LogP contribution in [0, 0.1) is 11.7 Å². The highest BCUT2D eigenvalue weighted by Gasteiger charge is 2.24. The second kappa shape index (κ2) is 10.1. The van der Waals surface area contributed by atoms with Gasteiger partial charge in [0.25, 0.3) is 5.91 Å². The average Bonchev–Trinajstić information content (AvgIpc) is 2.78. The van der Waals surface area contributed by atoms with Crippen LogP contribution in [0.15, 0.2) is 42.5 Å². The summed E-state index contributed by atoms with van der Waals surface area (Å²) in [7, 11) is 3.10. The van der Waals surface area contributed by atoms with Crippen LogP contribution in [0.4, 0.5) is 4.39 Å². The van der Waals surface area contributed by atoms with E-state index < -0.39 is 0 Å². The zero-order valence-electron chi connectivity index (χ0n) is 17.3. The highest BCUT2D eigenvalue weighted by Crippen LogP contribution is 2.28. The monoisotopic (exact) mass is 414 g/mol. The number of benzene rings is 2. The number of likely N-dealkylation sites (tertiary alicyclic amines) is 1. The van der Waals surface area contributed by atoms with Gasteiger partial charge in [-0.25, -0.2) is 4.39 Å². The zero-order valence-corrected chi connectivity index (χ0v) is 17.3. The Balaban J connectivity index is 1.45. The fourth-order valence-electron chi connectivity index (χ4n) is 3.60. The van der Waals surface area contributed by atoms with Gasteiger partial charge in [0.1, 0.15) is 5.82 Å². The third-order valence-corrected chi connectivity index (χ3v) is 5.40. The quantitative estimate of drug-likeness (QED) is 0.756. The van der Waals surface area contributed by atoms with Crippen molar-refractivity contribution in [3.8, 4) is 11.5 Å². The van der Waals surface area contributed by atoms with Gasteiger partial charge in [-0.15, -0.1) is 0 Å².